The largest absolute Gasteiger partial charge is 0.453 e. The number of hydrogen-bond donors (Lipinski definition) is 2. The van der Waals surface area contributed by atoms with Gasteiger partial charge in [0, 0.05) is 10.8 Å². The van der Waals surface area contributed by atoms with Crippen LogP contribution in [0.1, 0.15) is 0 Å². The van der Waals surface area contributed by atoms with Gasteiger partial charge in [0.1, 0.15) is 0 Å². The smallest absolute Gasteiger partial charge is 0.411 e. The predicted molar refractivity (Wildman–Crippen MR) is 112 cm³/mol. The van der Waals surface area contributed by atoms with E-state index >= 15 is 0 Å². The van der Waals surface area contributed by atoms with Crippen molar-refractivity contribution in [3.63, 3.8) is 0 Å². The summed E-state index contributed by atoms with van der Waals surface area (Å²) >= 11 is 0. The van der Waals surface area contributed by atoms with Crippen LogP contribution in [-0.4, -0.2) is 18.2 Å². The molecule has 0 saturated heterocycles. The predicted octanol–water partition coefficient (Wildman–Crippen LogP) is 5.73. The number of methoxy groups -OCH3 is 1. The van der Waals surface area contributed by atoms with Crippen molar-refractivity contribution in [3.05, 3.63) is 72.8 Å². The molecule has 1 aromatic heterocycles. The third-order valence-electron chi connectivity index (χ3n) is 4.20. The number of hydrogen-bond acceptors (Lipinski definition) is 4. The topological polar surface area (TPSA) is 63.2 Å². The van der Waals surface area contributed by atoms with Gasteiger partial charge in [-0.25, -0.2) is 9.78 Å². The Morgan fingerprint density at radius 1 is 0.815 bits per heavy atom. The van der Waals surface area contributed by atoms with Gasteiger partial charge in [0.15, 0.2) is 0 Å². The van der Waals surface area contributed by atoms with Crippen molar-refractivity contribution in [1.82, 2.24) is 4.98 Å². The van der Waals surface area contributed by atoms with Gasteiger partial charge in [0.2, 0.25) is 0 Å². The molecular formula is C21H18ClN3O2. The third-order valence-corrected chi connectivity index (χ3v) is 4.20. The van der Waals surface area contributed by atoms with Crippen molar-refractivity contribution >= 4 is 57.4 Å². The number of carbonyl (C=O) groups is 1. The summed E-state index contributed by atoms with van der Waals surface area (Å²) in [6.45, 7) is 0. The Kier molecular flexibility index (Phi) is 5.43. The van der Waals surface area contributed by atoms with Crippen molar-refractivity contribution in [1.29, 1.82) is 0 Å². The van der Waals surface area contributed by atoms with E-state index in [9.17, 15) is 4.79 Å². The van der Waals surface area contributed by atoms with E-state index in [-0.39, 0.29) is 12.4 Å². The number of nitrogens with zero attached hydrogens (tertiary/aromatic N) is 1. The van der Waals surface area contributed by atoms with Crippen LogP contribution < -0.4 is 10.6 Å². The molecule has 1 heterocycles. The van der Waals surface area contributed by atoms with Crippen LogP contribution in [0.5, 0.6) is 0 Å². The molecule has 27 heavy (non-hydrogen) atoms. The number of aromatic nitrogens is 1. The zero-order valence-corrected chi connectivity index (χ0v) is 15.4. The van der Waals surface area contributed by atoms with Crippen LogP contribution >= 0.6 is 12.4 Å². The summed E-state index contributed by atoms with van der Waals surface area (Å²) in [6.07, 6.45) is -0.510. The molecule has 0 aliphatic carbocycles. The number of halogens is 1. The van der Waals surface area contributed by atoms with Gasteiger partial charge in [-0.05, 0) is 24.3 Å². The quantitative estimate of drug-likeness (QED) is 0.446. The fraction of sp³-hybridized carbons (Fsp3) is 0.0476. The number of amides is 1. The second-order valence-corrected chi connectivity index (χ2v) is 5.81. The maximum atomic E-state index is 11.6. The minimum Gasteiger partial charge on any atom is -0.453 e. The highest BCUT2D eigenvalue weighted by atomic mass is 35.5. The highest BCUT2D eigenvalue weighted by Crippen LogP contribution is 2.35. The van der Waals surface area contributed by atoms with Crippen molar-refractivity contribution in [2.24, 2.45) is 0 Å². The Morgan fingerprint density at radius 3 is 1.93 bits per heavy atom. The van der Waals surface area contributed by atoms with E-state index < -0.39 is 6.09 Å². The molecule has 0 fully saturated rings. The Balaban J connectivity index is 0.00000210. The van der Waals surface area contributed by atoms with Gasteiger partial charge in [-0.2, -0.15) is 0 Å². The zero-order valence-electron chi connectivity index (χ0n) is 14.6. The Bertz CT molecular complexity index is 1060. The summed E-state index contributed by atoms with van der Waals surface area (Å²) in [6, 6.07) is 23.5. The molecule has 0 atom stereocenters. The van der Waals surface area contributed by atoms with E-state index in [0.717, 1.165) is 33.2 Å². The first-order valence-corrected chi connectivity index (χ1v) is 8.25. The lowest BCUT2D eigenvalue weighted by molar-refractivity contribution is 0.187. The van der Waals surface area contributed by atoms with E-state index in [0.29, 0.717) is 5.69 Å². The van der Waals surface area contributed by atoms with Gasteiger partial charge < -0.3 is 10.1 Å². The van der Waals surface area contributed by atoms with E-state index in [1.807, 2.05) is 72.8 Å². The third kappa shape index (κ3) is 3.64. The van der Waals surface area contributed by atoms with Crippen LogP contribution in [0.3, 0.4) is 0 Å². The molecule has 0 bridgehead atoms. The Labute approximate surface area is 162 Å². The maximum absolute atomic E-state index is 11.6. The number of fused-ring (bicyclic) bond motifs is 2. The summed E-state index contributed by atoms with van der Waals surface area (Å²) in [5, 5.41) is 8.24. The first kappa shape index (κ1) is 18.5. The summed E-state index contributed by atoms with van der Waals surface area (Å²) < 4.78 is 4.71. The van der Waals surface area contributed by atoms with E-state index in [2.05, 4.69) is 10.6 Å². The molecule has 0 unspecified atom stereocenters. The monoisotopic (exact) mass is 379 g/mol. The van der Waals surface area contributed by atoms with Crippen molar-refractivity contribution in [2.75, 3.05) is 17.7 Å². The Morgan fingerprint density at radius 2 is 1.33 bits per heavy atom. The molecule has 6 heteroatoms. The molecule has 4 rings (SSSR count). The molecule has 2 N–H and O–H groups in total. The highest BCUT2D eigenvalue weighted by molar-refractivity contribution is 6.09. The molecule has 0 spiro atoms. The standard InChI is InChI=1S/C21H17N3O2.ClH/c1-26-21(25)24-19-13-7-6-12-18(19)23-20-14-8-2-4-10-16(14)22-17-11-5-3-9-15(17)20;/h2-13H,1H3,(H,22,23)(H,24,25);1H. The van der Waals surface area contributed by atoms with E-state index in [1.54, 1.807) is 0 Å². The van der Waals surface area contributed by atoms with Gasteiger partial charge in [-0.15, -0.1) is 12.4 Å². The average Bonchev–Trinajstić information content (AvgIpc) is 2.69. The molecule has 136 valence electrons. The lowest BCUT2D eigenvalue weighted by atomic mass is 10.1. The second kappa shape index (κ2) is 7.93. The van der Waals surface area contributed by atoms with Crippen molar-refractivity contribution < 1.29 is 9.53 Å². The lowest BCUT2D eigenvalue weighted by Gasteiger charge is -2.16. The summed E-state index contributed by atoms with van der Waals surface area (Å²) in [5.74, 6) is 0. The second-order valence-electron chi connectivity index (χ2n) is 5.81. The minimum atomic E-state index is -0.510. The van der Waals surface area contributed by atoms with Crippen LogP contribution in [-0.2, 0) is 4.74 Å². The zero-order chi connectivity index (χ0) is 17.9. The van der Waals surface area contributed by atoms with E-state index in [4.69, 9.17) is 9.72 Å². The van der Waals surface area contributed by atoms with Gasteiger partial charge >= 0.3 is 6.09 Å². The molecule has 0 radical (unpaired) electrons. The van der Waals surface area contributed by atoms with Crippen LogP contribution in [0.15, 0.2) is 72.8 Å². The van der Waals surface area contributed by atoms with Crippen LogP contribution in [0.25, 0.3) is 21.8 Å². The maximum Gasteiger partial charge on any atom is 0.411 e. The summed E-state index contributed by atoms with van der Waals surface area (Å²) in [7, 11) is 1.34. The molecule has 0 aliphatic rings. The number of carbonyl (C=O) groups excluding carboxylic acids is 1. The molecule has 0 aliphatic heterocycles. The number of nitrogens with one attached hydrogen (secondary N) is 2. The van der Waals surface area contributed by atoms with Crippen LogP contribution in [0, 0.1) is 0 Å². The van der Waals surface area contributed by atoms with Crippen LogP contribution in [0.2, 0.25) is 0 Å². The fourth-order valence-corrected chi connectivity index (χ4v) is 2.97. The lowest BCUT2D eigenvalue weighted by Crippen LogP contribution is -2.12. The summed E-state index contributed by atoms with van der Waals surface area (Å²) in [4.78, 5) is 16.4. The molecule has 3 aromatic carbocycles. The summed E-state index contributed by atoms with van der Waals surface area (Å²) in [5.41, 5.74) is 4.19. The van der Waals surface area contributed by atoms with Crippen LogP contribution in [0.4, 0.5) is 21.9 Å². The first-order chi connectivity index (χ1) is 12.8. The highest BCUT2D eigenvalue weighted by Gasteiger charge is 2.12. The SMILES string of the molecule is COC(=O)Nc1ccccc1Nc1c2ccccc2nc2ccccc12.Cl. The molecule has 0 saturated carbocycles. The molecular weight excluding hydrogens is 362 g/mol. The van der Waals surface area contributed by atoms with E-state index in [1.165, 1.54) is 7.11 Å². The number of ether oxygens (including phenoxy) is 1. The number of anilines is 3. The molecule has 4 aromatic rings. The first-order valence-electron chi connectivity index (χ1n) is 8.25. The molecule has 5 nitrogen and oxygen atoms in total. The normalized spacial score (nSPS) is 10.3. The number of rotatable bonds is 3. The average molecular weight is 380 g/mol. The van der Waals surface area contributed by atoms with Crippen molar-refractivity contribution in [2.45, 2.75) is 0 Å². The number of pyridine rings is 1. The van der Waals surface area contributed by atoms with Crippen molar-refractivity contribution in [3.8, 4) is 0 Å². The van der Waals surface area contributed by atoms with Gasteiger partial charge in [-0.3, -0.25) is 5.32 Å². The minimum absolute atomic E-state index is 0. The molecule has 1 amide bonds. The number of para-hydroxylation sites is 4. The van der Waals surface area contributed by atoms with Gasteiger partial charge in [-0.1, -0.05) is 48.5 Å². The fourth-order valence-electron chi connectivity index (χ4n) is 2.97. The van der Waals surface area contributed by atoms with Gasteiger partial charge in [0.05, 0.1) is 35.2 Å². The number of benzene rings is 3. The van der Waals surface area contributed by atoms with Gasteiger partial charge in [0.25, 0.3) is 0 Å². The Hall–Kier alpha value is -3.31.